The van der Waals surface area contributed by atoms with Gasteiger partial charge in [0.15, 0.2) is 0 Å². The molecule has 2 N–H and O–H groups in total. The molecule has 22 heavy (non-hydrogen) atoms. The molecule has 0 aromatic heterocycles. The summed E-state index contributed by atoms with van der Waals surface area (Å²) in [5, 5.41) is 21.3. The minimum Gasteiger partial charge on any atom is -0.458 e. The number of alkyl halides is 1. The van der Waals surface area contributed by atoms with Crippen molar-refractivity contribution in [2.24, 2.45) is 11.3 Å². The summed E-state index contributed by atoms with van der Waals surface area (Å²) in [7, 11) is 0. The second-order valence-electron chi connectivity index (χ2n) is 8.27. The van der Waals surface area contributed by atoms with Gasteiger partial charge in [-0.3, -0.25) is 4.79 Å². The Labute approximate surface area is 147 Å². The Bertz CT molecular complexity index is 430. The third kappa shape index (κ3) is 3.31. The van der Waals surface area contributed by atoms with Gasteiger partial charge in [-0.2, -0.15) is 0 Å². The lowest BCUT2D eigenvalue weighted by atomic mass is 9.50. The molecule has 5 heteroatoms. The molecule has 0 aromatic rings. The molecule has 2 atom stereocenters. The van der Waals surface area contributed by atoms with Crippen LogP contribution in [0.25, 0.3) is 0 Å². The van der Waals surface area contributed by atoms with Gasteiger partial charge in [-0.1, -0.05) is 29.5 Å². The lowest BCUT2D eigenvalue weighted by molar-refractivity contribution is -0.264. The van der Waals surface area contributed by atoms with Crippen molar-refractivity contribution >= 4 is 28.6 Å². The number of rotatable bonds is 3. The molecule has 4 rings (SSSR count). The van der Waals surface area contributed by atoms with E-state index in [4.69, 9.17) is 4.74 Å². The number of carbonyl (C=O) groups excluding carboxylic acids is 1. The molecule has 4 bridgehead atoms. The van der Waals surface area contributed by atoms with Gasteiger partial charge < -0.3 is 14.9 Å². The van der Waals surface area contributed by atoms with Crippen LogP contribution in [0.5, 0.6) is 0 Å². The van der Waals surface area contributed by atoms with Gasteiger partial charge in [0, 0.05) is 19.3 Å². The predicted molar refractivity (Wildman–Crippen MR) is 93.9 cm³/mol. The third-order valence-electron chi connectivity index (χ3n) is 5.70. The zero-order valence-corrected chi connectivity index (χ0v) is 16.3. The molecule has 4 aliphatic carbocycles. The molecular weight excluding hydrogens is 395 g/mol. The Morgan fingerprint density at radius 2 is 1.64 bits per heavy atom. The summed E-state index contributed by atoms with van der Waals surface area (Å²) in [5.74, 6) is 0.0768. The number of ether oxygens (including phenoxy) is 1. The van der Waals surface area contributed by atoms with E-state index in [0.29, 0.717) is 19.3 Å². The van der Waals surface area contributed by atoms with Crippen molar-refractivity contribution in [1.29, 1.82) is 0 Å². The van der Waals surface area contributed by atoms with Crippen LogP contribution in [0.2, 0.25) is 0 Å². The Balaban J connectivity index is 0.000000847. The number of halogens is 1. The standard InChI is InChI=1S/C16H26O4.CH3I/c1-4-13(2,3)12(17)20-16-7-11-5-14(18,9-16)8-15(19,6-11)10-16;1-2/h11,18-19H,4-10H2,1-3H3;1H3. The highest BCUT2D eigenvalue weighted by molar-refractivity contribution is 14.1. The van der Waals surface area contributed by atoms with Crippen molar-refractivity contribution in [3.05, 3.63) is 0 Å². The Morgan fingerprint density at radius 3 is 2.05 bits per heavy atom. The van der Waals surface area contributed by atoms with E-state index in [-0.39, 0.29) is 11.9 Å². The number of aliphatic hydroxyl groups is 2. The lowest BCUT2D eigenvalue weighted by Crippen LogP contribution is -2.67. The summed E-state index contributed by atoms with van der Waals surface area (Å²) in [4.78, 5) is 14.4. The highest BCUT2D eigenvalue weighted by atomic mass is 127. The van der Waals surface area contributed by atoms with E-state index in [0.717, 1.165) is 25.7 Å². The predicted octanol–water partition coefficient (Wildman–Crippen LogP) is 3.22. The summed E-state index contributed by atoms with van der Waals surface area (Å²) in [6.07, 6.45) is 4.42. The number of hydrogen-bond acceptors (Lipinski definition) is 4. The third-order valence-corrected chi connectivity index (χ3v) is 5.70. The molecule has 0 aliphatic heterocycles. The Hall–Kier alpha value is 0.120. The first-order chi connectivity index (χ1) is 10.1. The van der Waals surface area contributed by atoms with Gasteiger partial charge >= 0.3 is 5.97 Å². The van der Waals surface area contributed by atoms with Crippen LogP contribution in [0.4, 0.5) is 0 Å². The Morgan fingerprint density at radius 1 is 1.14 bits per heavy atom. The molecule has 4 saturated carbocycles. The highest BCUT2D eigenvalue weighted by Crippen LogP contribution is 2.60. The maximum absolute atomic E-state index is 12.4. The van der Waals surface area contributed by atoms with Crippen LogP contribution in [-0.4, -0.2) is 37.9 Å². The Kier molecular flexibility index (Phi) is 4.94. The van der Waals surface area contributed by atoms with Crippen LogP contribution in [-0.2, 0) is 9.53 Å². The van der Waals surface area contributed by atoms with Crippen molar-refractivity contribution < 1.29 is 19.7 Å². The van der Waals surface area contributed by atoms with E-state index in [1.165, 1.54) is 0 Å². The van der Waals surface area contributed by atoms with Crippen LogP contribution in [0, 0.1) is 11.3 Å². The maximum Gasteiger partial charge on any atom is 0.312 e. The second kappa shape index (κ2) is 5.88. The van der Waals surface area contributed by atoms with Gasteiger partial charge in [-0.15, -0.1) is 0 Å². The number of esters is 1. The minimum absolute atomic E-state index is 0.200. The molecule has 4 nitrogen and oxygen atoms in total. The normalized spacial score (nSPS) is 42.6. The number of hydrogen-bond donors (Lipinski definition) is 2. The van der Waals surface area contributed by atoms with Crippen LogP contribution >= 0.6 is 22.6 Å². The first-order valence-corrected chi connectivity index (χ1v) is 10.3. The van der Waals surface area contributed by atoms with Gasteiger partial charge in [-0.05, 0) is 50.4 Å². The molecule has 4 fully saturated rings. The van der Waals surface area contributed by atoms with Crippen molar-refractivity contribution in [2.45, 2.75) is 82.5 Å². The molecule has 0 heterocycles. The van der Waals surface area contributed by atoms with E-state index < -0.39 is 22.2 Å². The largest absolute Gasteiger partial charge is 0.458 e. The van der Waals surface area contributed by atoms with Gasteiger partial charge in [-0.25, -0.2) is 0 Å². The summed E-state index contributed by atoms with van der Waals surface area (Å²) in [6.45, 7) is 5.75. The van der Waals surface area contributed by atoms with Crippen molar-refractivity contribution in [1.82, 2.24) is 0 Å². The van der Waals surface area contributed by atoms with E-state index in [1.54, 1.807) is 0 Å². The second-order valence-corrected chi connectivity index (χ2v) is 8.27. The van der Waals surface area contributed by atoms with E-state index in [2.05, 4.69) is 22.6 Å². The monoisotopic (exact) mass is 424 g/mol. The first-order valence-electron chi connectivity index (χ1n) is 8.15. The zero-order chi connectivity index (χ0) is 16.8. The lowest BCUT2D eigenvalue weighted by Gasteiger charge is -2.62. The van der Waals surface area contributed by atoms with Crippen LogP contribution in [0.1, 0.15) is 65.7 Å². The van der Waals surface area contributed by atoms with Gasteiger partial charge in [0.05, 0.1) is 16.6 Å². The van der Waals surface area contributed by atoms with Crippen LogP contribution < -0.4 is 0 Å². The van der Waals surface area contributed by atoms with Crippen LogP contribution in [0.15, 0.2) is 0 Å². The quantitative estimate of drug-likeness (QED) is 0.415. The van der Waals surface area contributed by atoms with E-state index in [9.17, 15) is 15.0 Å². The van der Waals surface area contributed by atoms with Gasteiger partial charge in [0.2, 0.25) is 0 Å². The molecule has 0 radical (unpaired) electrons. The average molecular weight is 424 g/mol. The smallest absolute Gasteiger partial charge is 0.312 e. The fraction of sp³-hybridized carbons (Fsp3) is 0.941. The maximum atomic E-state index is 12.4. The summed E-state index contributed by atoms with van der Waals surface area (Å²) < 4.78 is 5.88. The molecule has 0 amide bonds. The molecule has 0 spiro atoms. The molecule has 2 unspecified atom stereocenters. The van der Waals surface area contributed by atoms with E-state index in [1.807, 2.05) is 25.7 Å². The molecular formula is C17H29IO4. The van der Waals surface area contributed by atoms with E-state index >= 15 is 0 Å². The summed E-state index contributed by atoms with van der Waals surface area (Å²) in [6, 6.07) is 0. The van der Waals surface area contributed by atoms with Crippen LogP contribution in [0.3, 0.4) is 0 Å². The van der Waals surface area contributed by atoms with Crippen molar-refractivity contribution in [3.8, 4) is 0 Å². The summed E-state index contributed by atoms with van der Waals surface area (Å²) in [5.41, 5.74) is -2.84. The van der Waals surface area contributed by atoms with Crippen molar-refractivity contribution in [3.63, 3.8) is 0 Å². The highest BCUT2D eigenvalue weighted by Gasteiger charge is 2.64. The topological polar surface area (TPSA) is 66.8 Å². The zero-order valence-electron chi connectivity index (χ0n) is 14.1. The number of carbonyl (C=O) groups is 1. The van der Waals surface area contributed by atoms with Gasteiger partial charge in [0.25, 0.3) is 0 Å². The molecule has 128 valence electrons. The van der Waals surface area contributed by atoms with Gasteiger partial charge in [0.1, 0.15) is 5.60 Å². The SMILES string of the molecule is CCC(C)(C)C(=O)OC12CC3CC(O)(CC(O)(C3)C1)C2.CI. The minimum atomic E-state index is -0.842. The molecule has 0 saturated heterocycles. The fourth-order valence-corrected chi connectivity index (χ4v) is 4.84. The molecule has 0 aromatic carbocycles. The average Bonchev–Trinajstić information content (AvgIpc) is 2.36. The summed E-state index contributed by atoms with van der Waals surface area (Å²) >= 11 is 2.15. The fourth-order valence-electron chi connectivity index (χ4n) is 4.84. The van der Waals surface area contributed by atoms with Crippen molar-refractivity contribution in [2.75, 3.05) is 4.93 Å². The first kappa shape index (κ1) is 18.5. The molecule has 4 aliphatic rings.